The fourth-order valence-electron chi connectivity index (χ4n) is 1.65. The van der Waals surface area contributed by atoms with Crippen molar-refractivity contribution in [2.24, 2.45) is 11.0 Å². The lowest BCUT2D eigenvalue weighted by atomic mass is 9.98. The Morgan fingerprint density at radius 1 is 1.32 bits per heavy atom. The maximum atomic E-state index is 11.8. The van der Waals surface area contributed by atoms with E-state index in [4.69, 9.17) is 15.0 Å². The molecule has 0 saturated carbocycles. The largest absolute Gasteiger partial charge is 0.422 e. The summed E-state index contributed by atoms with van der Waals surface area (Å²) >= 11 is 0. The SMILES string of the molecule is CC1(C)OC(=O)C(C(=O)CCCCN=[N+]=[N-])C(=O)O1. The lowest BCUT2D eigenvalue weighted by Crippen LogP contribution is -2.49. The van der Waals surface area contributed by atoms with Crippen molar-refractivity contribution in [3.05, 3.63) is 10.4 Å². The Morgan fingerprint density at radius 2 is 1.89 bits per heavy atom. The van der Waals surface area contributed by atoms with Gasteiger partial charge in [-0.15, -0.1) is 0 Å². The summed E-state index contributed by atoms with van der Waals surface area (Å²) in [5, 5.41) is 3.32. The van der Waals surface area contributed by atoms with Crippen molar-refractivity contribution >= 4 is 17.7 Å². The number of rotatable bonds is 6. The van der Waals surface area contributed by atoms with Gasteiger partial charge in [0, 0.05) is 31.7 Å². The molecule has 0 radical (unpaired) electrons. The smallest absolute Gasteiger partial charge is 0.331 e. The molecule has 1 aliphatic heterocycles. The van der Waals surface area contributed by atoms with Crippen molar-refractivity contribution in [3.8, 4) is 0 Å². The number of unbranched alkanes of at least 4 members (excludes halogenated alkanes) is 1. The average molecular weight is 269 g/mol. The first-order chi connectivity index (χ1) is 8.87. The lowest BCUT2D eigenvalue weighted by molar-refractivity contribution is -0.238. The van der Waals surface area contributed by atoms with Crippen LogP contribution in [0.4, 0.5) is 0 Å². The van der Waals surface area contributed by atoms with Crippen LogP contribution < -0.4 is 0 Å². The van der Waals surface area contributed by atoms with Gasteiger partial charge in [0.15, 0.2) is 5.78 Å². The number of nitrogens with zero attached hydrogens (tertiary/aromatic N) is 3. The summed E-state index contributed by atoms with van der Waals surface area (Å²) < 4.78 is 9.71. The van der Waals surface area contributed by atoms with Crippen LogP contribution in [-0.4, -0.2) is 30.1 Å². The number of ketones is 1. The Kier molecular flexibility index (Phi) is 4.88. The molecule has 0 unspecified atom stereocenters. The molecule has 19 heavy (non-hydrogen) atoms. The fourth-order valence-corrected chi connectivity index (χ4v) is 1.65. The van der Waals surface area contributed by atoms with E-state index in [1.807, 2.05) is 0 Å². The summed E-state index contributed by atoms with van der Waals surface area (Å²) in [4.78, 5) is 37.5. The molecule has 0 N–H and O–H groups in total. The molecule has 0 bridgehead atoms. The summed E-state index contributed by atoms with van der Waals surface area (Å²) in [6.45, 7) is 3.11. The Bertz CT molecular complexity index is 420. The van der Waals surface area contributed by atoms with Crippen LogP contribution in [0, 0.1) is 5.92 Å². The molecule has 1 rings (SSSR count). The van der Waals surface area contributed by atoms with Crippen LogP contribution in [0.1, 0.15) is 33.1 Å². The van der Waals surface area contributed by atoms with Crippen molar-refractivity contribution < 1.29 is 23.9 Å². The van der Waals surface area contributed by atoms with Crippen LogP contribution in [0.15, 0.2) is 5.11 Å². The van der Waals surface area contributed by atoms with E-state index >= 15 is 0 Å². The molecule has 0 aliphatic carbocycles. The number of hydrogen-bond donors (Lipinski definition) is 0. The highest BCUT2D eigenvalue weighted by Gasteiger charge is 2.46. The van der Waals surface area contributed by atoms with Gasteiger partial charge in [0.2, 0.25) is 5.92 Å². The summed E-state index contributed by atoms with van der Waals surface area (Å²) in [7, 11) is 0. The summed E-state index contributed by atoms with van der Waals surface area (Å²) in [6, 6.07) is 0. The first kappa shape index (κ1) is 15.0. The molecular weight excluding hydrogens is 254 g/mol. The predicted octanol–water partition coefficient (Wildman–Crippen LogP) is 1.49. The Balaban J connectivity index is 2.50. The van der Waals surface area contributed by atoms with Crippen molar-refractivity contribution in [2.75, 3.05) is 6.54 Å². The zero-order valence-corrected chi connectivity index (χ0v) is 10.8. The molecule has 8 heteroatoms. The van der Waals surface area contributed by atoms with Crippen molar-refractivity contribution in [1.29, 1.82) is 0 Å². The van der Waals surface area contributed by atoms with E-state index in [2.05, 4.69) is 10.0 Å². The molecule has 1 fully saturated rings. The number of cyclic esters (lactones) is 2. The average Bonchev–Trinajstić information content (AvgIpc) is 2.25. The number of carbonyl (C=O) groups is 3. The van der Waals surface area contributed by atoms with Crippen LogP contribution in [0.5, 0.6) is 0 Å². The Morgan fingerprint density at radius 3 is 2.42 bits per heavy atom. The van der Waals surface area contributed by atoms with Crippen molar-refractivity contribution in [1.82, 2.24) is 0 Å². The predicted molar refractivity (Wildman–Crippen MR) is 62.6 cm³/mol. The molecule has 0 spiro atoms. The third-order valence-electron chi connectivity index (χ3n) is 2.48. The maximum absolute atomic E-state index is 11.8. The zero-order chi connectivity index (χ0) is 14.5. The van der Waals surface area contributed by atoms with Crippen LogP contribution in [0.25, 0.3) is 10.4 Å². The highest BCUT2D eigenvalue weighted by atomic mass is 16.7. The summed E-state index contributed by atoms with van der Waals surface area (Å²) in [6.07, 6.45) is 0.979. The topological polar surface area (TPSA) is 118 Å². The first-order valence-electron chi connectivity index (χ1n) is 5.86. The quantitative estimate of drug-likeness (QED) is 0.181. The molecule has 1 heterocycles. The van der Waals surface area contributed by atoms with Gasteiger partial charge in [-0.05, 0) is 18.4 Å². The minimum atomic E-state index is -1.49. The van der Waals surface area contributed by atoms with E-state index < -0.39 is 29.4 Å². The number of hydrogen-bond acceptors (Lipinski definition) is 6. The molecular formula is C11H15N3O5. The van der Waals surface area contributed by atoms with Gasteiger partial charge in [0.05, 0.1) is 0 Å². The van der Waals surface area contributed by atoms with E-state index in [1.165, 1.54) is 13.8 Å². The minimum absolute atomic E-state index is 0.0379. The molecule has 104 valence electrons. The number of carbonyl (C=O) groups excluding carboxylic acids is 3. The van der Waals surface area contributed by atoms with Gasteiger partial charge in [-0.1, -0.05) is 5.11 Å². The van der Waals surface area contributed by atoms with Crippen LogP contribution in [0.3, 0.4) is 0 Å². The van der Waals surface area contributed by atoms with E-state index in [0.717, 1.165) is 0 Å². The highest BCUT2D eigenvalue weighted by molar-refractivity contribution is 6.15. The number of esters is 2. The molecule has 1 saturated heterocycles. The molecule has 1 aliphatic rings. The first-order valence-corrected chi connectivity index (χ1v) is 5.86. The van der Waals surface area contributed by atoms with Crippen LogP contribution in [0.2, 0.25) is 0 Å². The lowest BCUT2D eigenvalue weighted by Gasteiger charge is -2.32. The number of Topliss-reactive ketones (excluding diaryl/α,β-unsaturated/α-hetero) is 1. The van der Waals surface area contributed by atoms with Gasteiger partial charge in [-0.3, -0.25) is 14.4 Å². The van der Waals surface area contributed by atoms with Crippen LogP contribution >= 0.6 is 0 Å². The fraction of sp³-hybridized carbons (Fsp3) is 0.727. The Hall–Kier alpha value is -2.08. The normalized spacial score (nSPS) is 18.2. The third-order valence-corrected chi connectivity index (χ3v) is 2.48. The van der Waals surface area contributed by atoms with Gasteiger partial charge >= 0.3 is 11.9 Å². The van der Waals surface area contributed by atoms with Gasteiger partial charge in [0.1, 0.15) is 0 Å². The van der Waals surface area contributed by atoms with Gasteiger partial charge in [-0.2, -0.15) is 0 Å². The van der Waals surface area contributed by atoms with Gasteiger partial charge in [-0.25, -0.2) is 0 Å². The molecule has 0 aromatic carbocycles. The number of ether oxygens (including phenoxy) is 2. The molecule has 0 aromatic rings. The van der Waals surface area contributed by atoms with E-state index in [9.17, 15) is 14.4 Å². The summed E-state index contributed by atoms with van der Waals surface area (Å²) in [5.41, 5.74) is 8.07. The maximum Gasteiger partial charge on any atom is 0.331 e. The van der Waals surface area contributed by atoms with Crippen molar-refractivity contribution in [2.45, 2.75) is 38.9 Å². The molecule has 0 amide bonds. The second kappa shape index (κ2) is 6.19. The van der Waals surface area contributed by atoms with E-state index in [-0.39, 0.29) is 13.0 Å². The standard InChI is InChI=1S/C11H15N3O5/c1-11(2)18-9(16)8(10(17)19-11)7(15)5-3-4-6-13-14-12/h8H,3-6H2,1-2H3. The van der Waals surface area contributed by atoms with Crippen molar-refractivity contribution in [3.63, 3.8) is 0 Å². The highest BCUT2D eigenvalue weighted by Crippen LogP contribution is 2.24. The second-order valence-electron chi connectivity index (χ2n) is 4.55. The Labute approximate surface area is 109 Å². The zero-order valence-electron chi connectivity index (χ0n) is 10.8. The van der Waals surface area contributed by atoms with E-state index in [0.29, 0.717) is 12.8 Å². The summed E-state index contributed by atoms with van der Waals surface area (Å²) in [5.74, 6) is -5.10. The van der Waals surface area contributed by atoms with E-state index in [1.54, 1.807) is 0 Å². The number of azide groups is 1. The molecule has 8 nitrogen and oxygen atoms in total. The second-order valence-corrected chi connectivity index (χ2v) is 4.55. The van der Waals surface area contributed by atoms with Gasteiger partial charge in [0.25, 0.3) is 5.79 Å². The molecule has 0 aromatic heterocycles. The molecule has 0 atom stereocenters. The minimum Gasteiger partial charge on any atom is -0.422 e. The monoisotopic (exact) mass is 269 g/mol. The van der Waals surface area contributed by atoms with Crippen LogP contribution in [-0.2, 0) is 23.9 Å². The van der Waals surface area contributed by atoms with Gasteiger partial charge < -0.3 is 9.47 Å². The third kappa shape index (κ3) is 4.26.